The van der Waals surface area contributed by atoms with E-state index in [0.717, 1.165) is 13.1 Å². The van der Waals surface area contributed by atoms with Crippen LogP contribution in [-0.4, -0.2) is 36.6 Å². The zero-order valence-corrected chi connectivity index (χ0v) is 12.3. The minimum absolute atomic E-state index is 0.466. The van der Waals surface area contributed by atoms with E-state index in [1.165, 1.54) is 37.9 Å². The van der Waals surface area contributed by atoms with Crippen molar-refractivity contribution in [2.24, 2.45) is 5.92 Å². The second-order valence-electron chi connectivity index (χ2n) is 5.64. The molecule has 2 rings (SSSR count). The van der Waals surface area contributed by atoms with Gasteiger partial charge in [-0.3, -0.25) is 9.88 Å². The second-order valence-corrected chi connectivity index (χ2v) is 5.64. The second kappa shape index (κ2) is 7.61. The van der Waals surface area contributed by atoms with Gasteiger partial charge in [0.15, 0.2) is 0 Å². The number of nitrogens with one attached hydrogen (secondary N) is 1. The van der Waals surface area contributed by atoms with Gasteiger partial charge in [0.25, 0.3) is 0 Å². The third kappa shape index (κ3) is 4.02. The fraction of sp³-hybridized carbons (Fsp3) is 0.688. The zero-order valence-electron chi connectivity index (χ0n) is 12.3. The van der Waals surface area contributed by atoms with E-state index in [1.54, 1.807) is 0 Å². The van der Waals surface area contributed by atoms with Crippen LogP contribution in [0.15, 0.2) is 24.4 Å². The first-order valence-electron chi connectivity index (χ1n) is 7.64. The Morgan fingerprint density at radius 3 is 3.00 bits per heavy atom. The fourth-order valence-electron chi connectivity index (χ4n) is 3.12. The summed E-state index contributed by atoms with van der Waals surface area (Å²) in [6.07, 6.45) is 7.08. The van der Waals surface area contributed by atoms with Crippen molar-refractivity contribution < 1.29 is 0 Å². The maximum absolute atomic E-state index is 4.60. The third-order valence-electron chi connectivity index (χ3n) is 4.08. The average Bonchev–Trinajstić information content (AvgIpc) is 2.62. The van der Waals surface area contributed by atoms with Crippen LogP contribution in [0.2, 0.25) is 0 Å². The molecule has 2 atom stereocenters. The minimum Gasteiger partial charge on any atom is -0.316 e. The predicted molar refractivity (Wildman–Crippen MR) is 80.1 cm³/mol. The number of hydrogen-bond donors (Lipinski definition) is 1. The standard InChI is InChI=1S/C16H27N3/c1-3-10-17-13-14-8-5-7-12-19(2)16(14)15-9-4-6-11-18-15/h4,6,9,11,14,16-17H,3,5,7-8,10,12-13H2,1-2H3. The van der Waals surface area contributed by atoms with Gasteiger partial charge in [0.05, 0.1) is 11.7 Å². The number of pyridine rings is 1. The molecule has 1 aliphatic rings. The smallest absolute Gasteiger partial charge is 0.0578 e. The van der Waals surface area contributed by atoms with Crippen molar-refractivity contribution in [3.63, 3.8) is 0 Å². The van der Waals surface area contributed by atoms with E-state index in [2.05, 4.69) is 41.3 Å². The molecule has 1 N–H and O–H groups in total. The Morgan fingerprint density at radius 2 is 2.26 bits per heavy atom. The van der Waals surface area contributed by atoms with Crippen LogP contribution in [0, 0.1) is 5.92 Å². The van der Waals surface area contributed by atoms with Crippen LogP contribution in [0.4, 0.5) is 0 Å². The first kappa shape index (κ1) is 14.5. The Bertz CT molecular complexity index is 352. The number of aromatic nitrogens is 1. The topological polar surface area (TPSA) is 28.2 Å². The highest BCUT2D eigenvalue weighted by molar-refractivity contribution is 5.11. The predicted octanol–water partition coefficient (Wildman–Crippen LogP) is 2.85. The lowest BCUT2D eigenvalue weighted by Crippen LogP contribution is -2.35. The summed E-state index contributed by atoms with van der Waals surface area (Å²) in [5.41, 5.74) is 1.23. The maximum atomic E-state index is 4.60. The van der Waals surface area contributed by atoms with Crippen LogP contribution in [0.25, 0.3) is 0 Å². The van der Waals surface area contributed by atoms with Crippen molar-refractivity contribution in [2.75, 3.05) is 26.7 Å². The highest BCUT2D eigenvalue weighted by Crippen LogP contribution is 2.32. The molecular formula is C16H27N3. The monoisotopic (exact) mass is 261 g/mol. The van der Waals surface area contributed by atoms with Crippen LogP contribution < -0.4 is 5.32 Å². The lowest BCUT2D eigenvalue weighted by Gasteiger charge is -2.32. The van der Waals surface area contributed by atoms with E-state index < -0.39 is 0 Å². The van der Waals surface area contributed by atoms with Gasteiger partial charge in [0.1, 0.15) is 0 Å². The molecule has 0 saturated carbocycles. The first-order chi connectivity index (χ1) is 9.33. The highest BCUT2D eigenvalue weighted by Gasteiger charge is 2.29. The highest BCUT2D eigenvalue weighted by atomic mass is 15.1. The van der Waals surface area contributed by atoms with Crippen LogP contribution in [0.3, 0.4) is 0 Å². The van der Waals surface area contributed by atoms with Gasteiger partial charge < -0.3 is 5.32 Å². The van der Waals surface area contributed by atoms with Gasteiger partial charge in [-0.25, -0.2) is 0 Å². The zero-order chi connectivity index (χ0) is 13.5. The Labute approximate surface area is 117 Å². The van der Waals surface area contributed by atoms with Gasteiger partial charge in [-0.2, -0.15) is 0 Å². The summed E-state index contributed by atoms with van der Waals surface area (Å²) in [5.74, 6) is 0.675. The molecule has 2 unspecified atom stereocenters. The summed E-state index contributed by atoms with van der Waals surface area (Å²) in [7, 11) is 2.25. The SMILES string of the molecule is CCCNCC1CCCCN(C)C1c1ccccn1. The van der Waals surface area contributed by atoms with Crippen LogP contribution in [0.5, 0.6) is 0 Å². The number of nitrogens with zero attached hydrogens (tertiary/aromatic N) is 2. The molecule has 0 bridgehead atoms. The van der Waals surface area contributed by atoms with Crippen LogP contribution in [-0.2, 0) is 0 Å². The Kier molecular flexibility index (Phi) is 5.80. The number of likely N-dealkylation sites (tertiary alicyclic amines) is 1. The Morgan fingerprint density at radius 1 is 1.37 bits per heavy atom. The van der Waals surface area contributed by atoms with E-state index in [4.69, 9.17) is 0 Å². The number of rotatable bonds is 5. The lowest BCUT2D eigenvalue weighted by molar-refractivity contribution is 0.185. The fourth-order valence-corrected chi connectivity index (χ4v) is 3.12. The molecule has 3 nitrogen and oxygen atoms in total. The van der Waals surface area contributed by atoms with E-state index in [1.807, 2.05) is 12.3 Å². The summed E-state index contributed by atoms with van der Waals surface area (Å²) < 4.78 is 0. The maximum Gasteiger partial charge on any atom is 0.0578 e. The molecule has 1 aromatic heterocycles. The molecule has 1 aliphatic heterocycles. The van der Waals surface area contributed by atoms with E-state index >= 15 is 0 Å². The first-order valence-corrected chi connectivity index (χ1v) is 7.64. The molecule has 1 aromatic rings. The summed E-state index contributed by atoms with van der Waals surface area (Å²) in [6, 6.07) is 6.76. The Hall–Kier alpha value is -0.930. The van der Waals surface area contributed by atoms with E-state index in [0.29, 0.717) is 12.0 Å². The van der Waals surface area contributed by atoms with Gasteiger partial charge in [0.2, 0.25) is 0 Å². The normalized spacial score (nSPS) is 25.2. The molecular weight excluding hydrogens is 234 g/mol. The summed E-state index contributed by atoms with van der Waals surface area (Å²) in [5, 5.41) is 3.60. The van der Waals surface area contributed by atoms with Crippen molar-refractivity contribution in [1.82, 2.24) is 15.2 Å². The van der Waals surface area contributed by atoms with Gasteiger partial charge in [-0.15, -0.1) is 0 Å². The van der Waals surface area contributed by atoms with Gasteiger partial charge >= 0.3 is 0 Å². The summed E-state index contributed by atoms with van der Waals surface area (Å²) >= 11 is 0. The van der Waals surface area contributed by atoms with E-state index in [9.17, 15) is 0 Å². The van der Waals surface area contributed by atoms with Gasteiger partial charge in [-0.05, 0) is 64.0 Å². The molecule has 0 amide bonds. The summed E-state index contributed by atoms with van der Waals surface area (Å²) in [4.78, 5) is 7.10. The largest absolute Gasteiger partial charge is 0.316 e. The third-order valence-corrected chi connectivity index (χ3v) is 4.08. The molecule has 0 aliphatic carbocycles. The average molecular weight is 261 g/mol. The van der Waals surface area contributed by atoms with Gasteiger partial charge in [0, 0.05) is 6.20 Å². The molecule has 1 saturated heterocycles. The molecule has 0 aromatic carbocycles. The lowest BCUT2D eigenvalue weighted by atomic mass is 9.92. The molecule has 1 fully saturated rings. The van der Waals surface area contributed by atoms with Crippen LogP contribution >= 0.6 is 0 Å². The Balaban J connectivity index is 2.11. The molecule has 3 heteroatoms. The molecule has 106 valence electrons. The van der Waals surface area contributed by atoms with Gasteiger partial charge in [-0.1, -0.05) is 19.4 Å². The molecule has 2 heterocycles. The minimum atomic E-state index is 0.466. The number of hydrogen-bond acceptors (Lipinski definition) is 3. The quantitative estimate of drug-likeness (QED) is 0.826. The molecule has 0 radical (unpaired) electrons. The molecule has 0 spiro atoms. The van der Waals surface area contributed by atoms with Crippen LogP contribution in [0.1, 0.15) is 44.3 Å². The van der Waals surface area contributed by atoms with Crippen molar-refractivity contribution >= 4 is 0 Å². The van der Waals surface area contributed by atoms with Crippen molar-refractivity contribution in [1.29, 1.82) is 0 Å². The van der Waals surface area contributed by atoms with E-state index in [-0.39, 0.29) is 0 Å². The summed E-state index contributed by atoms with van der Waals surface area (Å²) in [6.45, 7) is 5.64. The van der Waals surface area contributed by atoms with Crippen molar-refractivity contribution in [2.45, 2.75) is 38.6 Å². The van der Waals surface area contributed by atoms with Crippen molar-refractivity contribution in [3.05, 3.63) is 30.1 Å². The van der Waals surface area contributed by atoms with Crippen molar-refractivity contribution in [3.8, 4) is 0 Å². The molecule has 19 heavy (non-hydrogen) atoms.